The van der Waals surface area contributed by atoms with Gasteiger partial charge in [0.25, 0.3) is 5.91 Å². The Labute approximate surface area is 81.1 Å². The first kappa shape index (κ1) is 8.62. The molecule has 0 aromatic heterocycles. The molecule has 1 amide bonds. The minimum atomic E-state index is -0.165. The van der Waals surface area contributed by atoms with Crippen molar-refractivity contribution in [1.82, 2.24) is 5.43 Å². The number of hydrogen-bond acceptors (Lipinski definition) is 2. The second-order valence-electron chi connectivity index (χ2n) is 3.06. The van der Waals surface area contributed by atoms with Crippen LogP contribution in [0.3, 0.4) is 0 Å². The summed E-state index contributed by atoms with van der Waals surface area (Å²) in [7, 11) is 0. The largest absolute Gasteiger partial charge is 0.273 e. The van der Waals surface area contributed by atoms with E-state index >= 15 is 0 Å². The number of carbonyl (C=O) groups is 1. The topological polar surface area (TPSA) is 67.0 Å². The van der Waals surface area contributed by atoms with Gasteiger partial charge in [0, 0.05) is 5.56 Å². The third kappa shape index (κ3) is 1.54. The molecule has 1 aromatic carbocycles. The standard InChI is InChI=1S/C10H9N3O/c11-8-6-9(14)12-13-10(8)7-4-2-1-3-5-7/h1-5,11H,6H2,(H,12,14)/p+1. The molecule has 0 atom stereocenters. The molecule has 0 saturated carbocycles. The smallest absolute Gasteiger partial charge is 0.250 e. The highest BCUT2D eigenvalue weighted by Crippen LogP contribution is 2.05. The molecule has 0 saturated heterocycles. The van der Waals surface area contributed by atoms with Crippen LogP contribution in [-0.4, -0.2) is 17.3 Å². The Morgan fingerprint density at radius 3 is 2.64 bits per heavy atom. The first-order valence-electron chi connectivity index (χ1n) is 4.31. The fourth-order valence-electron chi connectivity index (χ4n) is 1.33. The van der Waals surface area contributed by atoms with Crippen LogP contribution < -0.4 is 10.8 Å². The number of hydrazone groups is 1. The van der Waals surface area contributed by atoms with E-state index in [9.17, 15) is 4.79 Å². The van der Waals surface area contributed by atoms with E-state index in [0.29, 0.717) is 11.4 Å². The molecule has 4 nitrogen and oxygen atoms in total. The van der Waals surface area contributed by atoms with E-state index in [1.165, 1.54) is 0 Å². The Morgan fingerprint density at radius 1 is 1.29 bits per heavy atom. The maximum atomic E-state index is 10.9. The molecule has 70 valence electrons. The summed E-state index contributed by atoms with van der Waals surface area (Å²) in [6, 6.07) is 9.54. The molecular formula is C10H10N3O+. The molecule has 4 heteroatoms. The van der Waals surface area contributed by atoms with Crippen molar-refractivity contribution in [2.75, 3.05) is 0 Å². The molecule has 3 N–H and O–H groups in total. The molecule has 1 heterocycles. The van der Waals surface area contributed by atoms with E-state index in [0.717, 1.165) is 5.56 Å². The third-order valence-corrected chi connectivity index (χ3v) is 1.99. The van der Waals surface area contributed by atoms with Gasteiger partial charge in [0.2, 0.25) is 5.71 Å². The van der Waals surface area contributed by atoms with E-state index in [4.69, 9.17) is 5.41 Å². The van der Waals surface area contributed by atoms with Crippen molar-refractivity contribution < 1.29 is 10.2 Å². The van der Waals surface area contributed by atoms with Gasteiger partial charge >= 0.3 is 0 Å². The average Bonchev–Trinajstić information content (AvgIpc) is 2.19. The zero-order chi connectivity index (χ0) is 9.97. The molecular weight excluding hydrogens is 178 g/mol. The van der Waals surface area contributed by atoms with Crippen molar-refractivity contribution in [3.63, 3.8) is 0 Å². The van der Waals surface area contributed by atoms with E-state index in [2.05, 4.69) is 10.5 Å². The van der Waals surface area contributed by atoms with Crippen molar-refractivity contribution in [3.8, 4) is 0 Å². The van der Waals surface area contributed by atoms with Crippen LogP contribution in [0.4, 0.5) is 0 Å². The first-order valence-corrected chi connectivity index (χ1v) is 4.31. The minimum Gasteiger partial charge on any atom is -0.273 e. The molecule has 14 heavy (non-hydrogen) atoms. The quantitative estimate of drug-likeness (QED) is 0.590. The number of hydrogen-bond donors (Lipinski definition) is 2. The third-order valence-electron chi connectivity index (χ3n) is 1.99. The molecule has 1 aromatic rings. The van der Waals surface area contributed by atoms with Crippen molar-refractivity contribution in [2.24, 2.45) is 5.10 Å². The van der Waals surface area contributed by atoms with Gasteiger partial charge in [-0.05, 0) is 0 Å². The van der Waals surface area contributed by atoms with E-state index < -0.39 is 0 Å². The first-order chi connectivity index (χ1) is 6.77. The maximum Gasteiger partial charge on any atom is 0.250 e. The van der Waals surface area contributed by atoms with Crippen LogP contribution in [0.5, 0.6) is 0 Å². The summed E-state index contributed by atoms with van der Waals surface area (Å²) in [6.45, 7) is 0. The van der Waals surface area contributed by atoms with Crippen molar-refractivity contribution in [3.05, 3.63) is 35.9 Å². The number of amides is 1. The van der Waals surface area contributed by atoms with Gasteiger partial charge in [-0.3, -0.25) is 10.2 Å². The van der Waals surface area contributed by atoms with E-state index in [1.807, 2.05) is 30.3 Å². The Bertz CT molecular complexity index is 409. The maximum absolute atomic E-state index is 10.9. The summed E-state index contributed by atoms with van der Waals surface area (Å²) >= 11 is 0. The van der Waals surface area contributed by atoms with Crippen LogP contribution in [0.25, 0.3) is 0 Å². The Morgan fingerprint density at radius 2 is 2.00 bits per heavy atom. The monoisotopic (exact) mass is 188 g/mol. The van der Waals surface area contributed by atoms with E-state index in [1.54, 1.807) is 0 Å². The van der Waals surface area contributed by atoms with Crippen molar-refractivity contribution in [1.29, 1.82) is 0 Å². The number of nitrogens with one attached hydrogen (secondary N) is 1. The van der Waals surface area contributed by atoms with Gasteiger partial charge in [-0.1, -0.05) is 30.3 Å². The Hall–Kier alpha value is -1.97. The van der Waals surface area contributed by atoms with Crippen LogP contribution in [0, 0.1) is 0 Å². The molecule has 0 bridgehead atoms. The lowest BCUT2D eigenvalue weighted by Gasteiger charge is -2.09. The number of carbonyl (C=O) groups excluding carboxylic acids is 1. The minimum absolute atomic E-state index is 0.165. The average molecular weight is 188 g/mol. The van der Waals surface area contributed by atoms with Gasteiger partial charge in [0.05, 0.1) is 0 Å². The summed E-state index contributed by atoms with van der Waals surface area (Å²) in [5, 5.41) is 9.64. The highest BCUT2D eigenvalue weighted by molar-refractivity contribution is 6.49. The molecule has 0 aliphatic carbocycles. The van der Waals surface area contributed by atoms with Crippen molar-refractivity contribution >= 4 is 17.3 Å². The molecule has 0 radical (unpaired) electrons. The number of nitrogens with zero attached hydrogens (tertiary/aromatic N) is 1. The van der Waals surface area contributed by atoms with Gasteiger partial charge in [-0.2, -0.15) is 5.10 Å². The van der Waals surface area contributed by atoms with Crippen LogP contribution in [-0.2, 0) is 4.79 Å². The Balaban J connectivity index is 2.36. The van der Waals surface area contributed by atoms with Gasteiger partial charge in [0.1, 0.15) is 6.42 Å². The van der Waals surface area contributed by atoms with E-state index in [-0.39, 0.29) is 12.3 Å². The molecule has 2 rings (SSSR count). The van der Waals surface area contributed by atoms with Gasteiger partial charge in [-0.15, -0.1) is 0 Å². The summed E-state index contributed by atoms with van der Waals surface area (Å²) in [4.78, 5) is 10.9. The summed E-state index contributed by atoms with van der Waals surface area (Å²) in [5.41, 5.74) is 4.50. The van der Waals surface area contributed by atoms with Crippen molar-refractivity contribution in [2.45, 2.75) is 6.42 Å². The summed E-state index contributed by atoms with van der Waals surface area (Å²) < 4.78 is 0. The van der Waals surface area contributed by atoms with Gasteiger partial charge in [-0.25, -0.2) is 5.43 Å². The van der Waals surface area contributed by atoms with Gasteiger partial charge in [0.15, 0.2) is 5.71 Å². The van der Waals surface area contributed by atoms with Crippen LogP contribution in [0.2, 0.25) is 0 Å². The second-order valence-corrected chi connectivity index (χ2v) is 3.06. The summed E-state index contributed by atoms with van der Waals surface area (Å²) in [5.74, 6) is -0.165. The highest BCUT2D eigenvalue weighted by atomic mass is 16.2. The SMILES string of the molecule is [NH2+]=C1CC(=O)NN=C1c1ccccc1. The molecule has 0 unspecified atom stereocenters. The highest BCUT2D eigenvalue weighted by Gasteiger charge is 2.23. The number of benzene rings is 1. The van der Waals surface area contributed by atoms with Crippen LogP contribution >= 0.6 is 0 Å². The second kappa shape index (κ2) is 3.41. The van der Waals surface area contributed by atoms with Gasteiger partial charge < -0.3 is 0 Å². The van der Waals surface area contributed by atoms with Crippen LogP contribution in [0.15, 0.2) is 35.4 Å². The molecule has 1 aliphatic heterocycles. The molecule has 0 fully saturated rings. The predicted molar refractivity (Wildman–Crippen MR) is 52.7 cm³/mol. The fraction of sp³-hybridized carbons (Fsp3) is 0.100. The molecule has 1 aliphatic rings. The summed E-state index contributed by atoms with van der Waals surface area (Å²) in [6.07, 6.45) is 0.216. The predicted octanol–water partition coefficient (Wildman–Crippen LogP) is -0.889. The fourth-order valence-corrected chi connectivity index (χ4v) is 1.33. The van der Waals surface area contributed by atoms with Crippen LogP contribution in [0.1, 0.15) is 12.0 Å². The molecule has 0 spiro atoms. The lowest BCUT2D eigenvalue weighted by molar-refractivity contribution is -0.126. The Kier molecular flexibility index (Phi) is 2.10. The zero-order valence-corrected chi connectivity index (χ0v) is 7.53. The number of nitrogens with two attached hydrogens (primary N) is 1. The number of rotatable bonds is 1. The lowest BCUT2D eigenvalue weighted by atomic mass is 10.0. The lowest BCUT2D eigenvalue weighted by Crippen LogP contribution is -2.50. The normalized spacial score (nSPS) is 16.1. The zero-order valence-electron chi connectivity index (χ0n) is 7.53.